The van der Waals surface area contributed by atoms with Crippen LogP contribution in [0.2, 0.25) is 0 Å². The summed E-state index contributed by atoms with van der Waals surface area (Å²) >= 11 is 1.71. The molecule has 2 aromatic carbocycles. The van der Waals surface area contributed by atoms with Gasteiger partial charge in [-0.05, 0) is 56.9 Å². The first kappa shape index (κ1) is 21.3. The van der Waals surface area contributed by atoms with Crippen LogP contribution in [0.5, 0.6) is 5.75 Å². The first-order valence-corrected chi connectivity index (χ1v) is 11.5. The number of rotatable bonds is 10. The lowest BCUT2D eigenvalue weighted by atomic mass is 10.2. The van der Waals surface area contributed by atoms with E-state index in [0.717, 1.165) is 46.6 Å². The Hall–Kier alpha value is -2.90. The molecule has 0 fully saturated rings. The maximum absolute atomic E-state index is 5.83. The number of thioether (sulfide) groups is 1. The van der Waals surface area contributed by atoms with E-state index in [4.69, 9.17) is 14.1 Å². The van der Waals surface area contributed by atoms with Crippen LogP contribution in [0.15, 0.2) is 65.1 Å². The number of nitrogens with zero attached hydrogens (tertiary/aromatic N) is 4. The topological polar surface area (TPSA) is 64.3 Å². The van der Waals surface area contributed by atoms with E-state index < -0.39 is 0 Å². The molecular formula is C24H26N4O2S. The maximum atomic E-state index is 5.83. The van der Waals surface area contributed by atoms with Crippen molar-refractivity contribution in [3.8, 4) is 17.2 Å². The van der Waals surface area contributed by atoms with E-state index in [1.807, 2.05) is 42.5 Å². The second-order valence-electron chi connectivity index (χ2n) is 7.52. The van der Waals surface area contributed by atoms with Gasteiger partial charge in [-0.2, -0.15) is 0 Å². The first-order chi connectivity index (χ1) is 15.2. The number of hydrogen-bond acceptors (Lipinski definition) is 7. The largest absolute Gasteiger partial charge is 0.494 e. The second kappa shape index (κ2) is 10.4. The molecule has 7 heteroatoms. The van der Waals surface area contributed by atoms with Crippen LogP contribution in [0.4, 0.5) is 0 Å². The summed E-state index contributed by atoms with van der Waals surface area (Å²) in [5.41, 5.74) is 2.95. The van der Waals surface area contributed by atoms with Crippen molar-refractivity contribution in [1.29, 1.82) is 0 Å². The molecule has 0 atom stereocenters. The normalized spacial score (nSPS) is 11.3. The summed E-state index contributed by atoms with van der Waals surface area (Å²) < 4.78 is 11.6. The quantitative estimate of drug-likeness (QED) is 0.324. The molecule has 0 radical (unpaired) electrons. The molecule has 0 spiro atoms. The lowest BCUT2D eigenvalue weighted by Crippen LogP contribution is -2.15. The standard InChI is InChI=1S/C24H26N4O2S/c1-28(2)14-5-15-29-21-12-9-19(10-13-21)24-27-26-23(30-24)17-31-16-20-11-8-18-6-3-4-7-22(18)25-20/h3-4,6-13H,5,14-17H2,1-2H3. The van der Waals surface area contributed by atoms with Crippen molar-refractivity contribution in [1.82, 2.24) is 20.1 Å². The summed E-state index contributed by atoms with van der Waals surface area (Å²) in [6.07, 6.45) is 0.994. The molecule has 4 rings (SSSR count). The third kappa shape index (κ3) is 6.06. The molecule has 6 nitrogen and oxygen atoms in total. The van der Waals surface area contributed by atoms with Crippen LogP contribution in [0.25, 0.3) is 22.4 Å². The number of aromatic nitrogens is 3. The predicted molar refractivity (Wildman–Crippen MR) is 125 cm³/mol. The smallest absolute Gasteiger partial charge is 0.247 e. The fourth-order valence-corrected chi connectivity index (χ4v) is 3.89. The average molecular weight is 435 g/mol. The molecule has 2 heterocycles. The summed E-state index contributed by atoms with van der Waals surface area (Å²) in [6, 6.07) is 20.1. The first-order valence-electron chi connectivity index (χ1n) is 10.3. The highest BCUT2D eigenvalue weighted by Crippen LogP contribution is 2.24. The molecule has 0 unspecified atom stereocenters. The van der Waals surface area contributed by atoms with E-state index in [9.17, 15) is 0 Å². The zero-order valence-corrected chi connectivity index (χ0v) is 18.6. The van der Waals surface area contributed by atoms with Gasteiger partial charge in [-0.3, -0.25) is 4.98 Å². The molecule has 160 valence electrons. The zero-order valence-electron chi connectivity index (χ0n) is 17.8. The van der Waals surface area contributed by atoms with Gasteiger partial charge in [0.15, 0.2) is 0 Å². The SMILES string of the molecule is CN(C)CCCOc1ccc(-c2nnc(CSCc3ccc4ccccc4n3)o2)cc1. The minimum atomic E-state index is 0.526. The minimum Gasteiger partial charge on any atom is -0.494 e. The lowest BCUT2D eigenvalue weighted by Gasteiger charge is -2.10. The summed E-state index contributed by atoms with van der Waals surface area (Å²) in [5, 5.41) is 9.52. The predicted octanol–water partition coefficient (Wildman–Crippen LogP) is 5.05. The van der Waals surface area contributed by atoms with Crippen LogP contribution >= 0.6 is 11.8 Å². The summed E-state index contributed by atoms with van der Waals surface area (Å²) in [6.45, 7) is 1.71. The van der Waals surface area contributed by atoms with E-state index in [0.29, 0.717) is 24.1 Å². The van der Waals surface area contributed by atoms with Crippen molar-refractivity contribution in [2.75, 3.05) is 27.2 Å². The monoisotopic (exact) mass is 434 g/mol. The number of para-hydroxylation sites is 1. The molecule has 0 amide bonds. The zero-order chi connectivity index (χ0) is 21.5. The Morgan fingerprint density at radius 2 is 1.77 bits per heavy atom. The van der Waals surface area contributed by atoms with E-state index in [1.54, 1.807) is 11.8 Å². The highest BCUT2D eigenvalue weighted by Gasteiger charge is 2.09. The van der Waals surface area contributed by atoms with E-state index in [-0.39, 0.29) is 0 Å². The van der Waals surface area contributed by atoms with Gasteiger partial charge in [0.1, 0.15) is 5.75 Å². The molecule has 4 aromatic rings. The lowest BCUT2D eigenvalue weighted by molar-refractivity contribution is 0.281. The van der Waals surface area contributed by atoms with Crippen molar-refractivity contribution in [3.05, 3.63) is 72.2 Å². The van der Waals surface area contributed by atoms with E-state index in [2.05, 4.69) is 47.4 Å². The number of ether oxygens (including phenoxy) is 1. The van der Waals surface area contributed by atoms with Gasteiger partial charge < -0.3 is 14.1 Å². The van der Waals surface area contributed by atoms with Gasteiger partial charge in [0.05, 0.1) is 23.6 Å². The third-order valence-electron chi connectivity index (χ3n) is 4.72. The molecule has 0 saturated heterocycles. The Labute approximate surface area is 186 Å². The Morgan fingerprint density at radius 3 is 2.61 bits per heavy atom. The highest BCUT2D eigenvalue weighted by molar-refractivity contribution is 7.97. The highest BCUT2D eigenvalue weighted by atomic mass is 32.2. The molecule has 0 bridgehead atoms. The van der Waals surface area contributed by atoms with Gasteiger partial charge in [0.2, 0.25) is 11.8 Å². The summed E-state index contributed by atoms with van der Waals surface area (Å²) in [5.74, 6) is 3.43. The van der Waals surface area contributed by atoms with Crippen LogP contribution in [0.3, 0.4) is 0 Å². The number of benzene rings is 2. The fourth-order valence-electron chi connectivity index (χ4n) is 3.12. The van der Waals surface area contributed by atoms with Crippen LogP contribution in [-0.4, -0.2) is 47.3 Å². The van der Waals surface area contributed by atoms with Crippen molar-refractivity contribution < 1.29 is 9.15 Å². The molecule has 0 N–H and O–H groups in total. The summed E-state index contributed by atoms with van der Waals surface area (Å²) in [7, 11) is 4.12. The third-order valence-corrected chi connectivity index (χ3v) is 5.67. The van der Waals surface area contributed by atoms with Crippen molar-refractivity contribution in [3.63, 3.8) is 0 Å². The molecule has 0 aliphatic rings. The van der Waals surface area contributed by atoms with Crippen LogP contribution in [-0.2, 0) is 11.5 Å². The Morgan fingerprint density at radius 1 is 0.935 bits per heavy atom. The Balaban J connectivity index is 1.27. The van der Waals surface area contributed by atoms with E-state index >= 15 is 0 Å². The molecule has 0 saturated carbocycles. The van der Waals surface area contributed by atoms with Gasteiger partial charge in [-0.15, -0.1) is 22.0 Å². The fraction of sp³-hybridized carbons (Fsp3) is 0.292. The van der Waals surface area contributed by atoms with Crippen LogP contribution in [0.1, 0.15) is 18.0 Å². The van der Waals surface area contributed by atoms with Crippen molar-refractivity contribution >= 4 is 22.7 Å². The number of fused-ring (bicyclic) bond motifs is 1. The van der Waals surface area contributed by atoms with Crippen molar-refractivity contribution in [2.24, 2.45) is 0 Å². The molecular weight excluding hydrogens is 408 g/mol. The molecule has 0 aliphatic carbocycles. The average Bonchev–Trinajstić information content (AvgIpc) is 3.26. The van der Waals surface area contributed by atoms with Gasteiger partial charge in [-0.25, -0.2) is 0 Å². The number of pyridine rings is 1. The second-order valence-corrected chi connectivity index (χ2v) is 8.50. The van der Waals surface area contributed by atoms with Gasteiger partial charge >= 0.3 is 0 Å². The van der Waals surface area contributed by atoms with Crippen molar-refractivity contribution in [2.45, 2.75) is 17.9 Å². The van der Waals surface area contributed by atoms with E-state index in [1.165, 1.54) is 0 Å². The molecule has 31 heavy (non-hydrogen) atoms. The van der Waals surface area contributed by atoms with Gasteiger partial charge in [0, 0.05) is 23.2 Å². The van der Waals surface area contributed by atoms with Gasteiger partial charge in [0.25, 0.3) is 0 Å². The molecule has 0 aliphatic heterocycles. The Bertz CT molecular complexity index is 1110. The van der Waals surface area contributed by atoms with Crippen LogP contribution < -0.4 is 4.74 Å². The minimum absolute atomic E-state index is 0.526. The Kier molecular flexibility index (Phi) is 7.17. The van der Waals surface area contributed by atoms with Gasteiger partial charge in [-0.1, -0.05) is 24.3 Å². The summed E-state index contributed by atoms with van der Waals surface area (Å²) in [4.78, 5) is 6.85. The van der Waals surface area contributed by atoms with Crippen LogP contribution in [0, 0.1) is 0 Å². The number of hydrogen-bond donors (Lipinski definition) is 0. The molecule has 2 aromatic heterocycles. The maximum Gasteiger partial charge on any atom is 0.247 e.